The summed E-state index contributed by atoms with van der Waals surface area (Å²) in [4.78, 5) is 0. The summed E-state index contributed by atoms with van der Waals surface area (Å²) in [6.07, 6.45) is -10.7. The molecule has 20 heavy (non-hydrogen) atoms. The number of sulfone groups is 2. The molecule has 0 radical (unpaired) electrons. The predicted molar refractivity (Wildman–Crippen MR) is 58.6 cm³/mol. The third kappa shape index (κ3) is 7.92. The normalized spacial score (nSPS) is 16.1. The van der Waals surface area contributed by atoms with Gasteiger partial charge in [-0.15, -0.1) is 0 Å². The van der Waals surface area contributed by atoms with Gasteiger partial charge in [-0.2, -0.15) is 26.3 Å². The minimum absolute atomic E-state index is 0.532. The second-order valence-electron chi connectivity index (χ2n) is 4.12. The van der Waals surface area contributed by atoms with Crippen molar-refractivity contribution in [1.82, 2.24) is 0 Å². The Morgan fingerprint density at radius 3 is 1.55 bits per heavy atom. The predicted octanol–water partition coefficient (Wildman–Crippen LogP) is 1.72. The summed E-state index contributed by atoms with van der Waals surface area (Å²) in [5, 5.41) is -2.02. The first-order valence-corrected chi connectivity index (χ1v) is 8.67. The van der Waals surface area contributed by atoms with Crippen molar-refractivity contribution in [2.45, 2.75) is 30.9 Å². The second kappa shape index (κ2) is 6.08. The van der Waals surface area contributed by atoms with Gasteiger partial charge in [0.2, 0.25) is 0 Å². The van der Waals surface area contributed by atoms with Crippen molar-refractivity contribution in [3.05, 3.63) is 0 Å². The van der Waals surface area contributed by atoms with Crippen LogP contribution in [-0.4, -0.2) is 51.7 Å². The van der Waals surface area contributed by atoms with Gasteiger partial charge in [-0.1, -0.05) is 6.92 Å². The van der Waals surface area contributed by atoms with E-state index in [1.54, 1.807) is 0 Å². The first kappa shape index (κ1) is 19.5. The van der Waals surface area contributed by atoms with E-state index in [1.807, 2.05) is 0 Å². The third-order valence-electron chi connectivity index (χ3n) is 2.15. The minimum atomic E-state index is -5.08. The van der Waals surface area contributed by atoms with Crippen LogP contribution in [-0.2, 0) is 19.7 Å². The lowest BCUT2D eigenvalue weighted by Gasteiger charge is -2.17. The quantitative estimate of drug-likeness (QED) is 0.684. The summed E-state index contributed by atoms with van der Waals surface area (Å²) in [5.74, 6) is -6.01. The number of hydrogen-bond acceptors (Lipinski definition) is 4. The SMILES string of the molecule is CCC(CS(=O)(=O)CC(F)(F)F)S(=O)(=O)CC(F)(F)F. The van der Waals surface area contributed by atoms with Gasteiger partial charge >= 0.3 is 12.4 Å². The maximum atomic E-state index is 12.0. The molecule has 0 fully saturated rings. The monoisotopic (exact) mass is 350 g/mol. The highest BCUT2D eigenvalue weighted by atomic mass is 32.2. The largest absolute Gasteiger partial charge is 0.402 e. The average Bonchev–Trinajstić information content (AvgIpc) is 2.05. The molecule has 0 aromatic carbocycles. The van der Waals surface area contributed by atoms with Crippen LogP contribution in [0.2, 0.25) is 0 Å². The molecule has 0 heterocycles. The van der Waals surface area contributed by atoms with E-state index < -0.39 is 61.0 Å². The topological polar surface area (TPSA) is 68.3 Å². The van der Waals surface area contributed by atoms with Crippen LogP contribution in [0.3, 0.4) is 0 Å². The van der Waals surface area contributed by atoms with Crippen LogP contribution in [0, 0.1) is 0 Å². The van der Waals surface area contributed by atoms with Crippen LogP contribution in [0.5, 0.6) is 0 Å². The highest BCUT2D eigenvalue weighted by Crippen LogP contribution is 2.24. The lowest BCUT2D eigenvalue weighted by Crippen LogP contribution is -2.38. The highest BCUT2D eigenvalue weighted by Gasteiger charge is 2.42. The zero-order valence-electron chi connectivity index (χ0n) is 10.1. The van der Waals surface area contributed by atoms with Gasteiger partial charge in [0.1, 0.15) is 11.5 Å². The van der Waals surface area contributed by atoms with Crippen LogP contribution in [0.25, 0.3) is 0 Å². The van der Waals surface area contributed by atoms with E-state index >= 15 is 0 Å². The van der Waals surface area contributed by atoms with E-state index in [-0.39, 0.29) is 0 Å². The Hall–Kier alpha value is -0.520. The fraction of sp³-hybridized carbons (Fsp3) is 1.00. The molecule has 122 valence electrons. The molecule has 0 rings (SSSR count). The van der Waals surface area contributed by atoms with Crippen LogP contribution in [0.1, 0.15) is 13.3 Å². The molecular weight excluding hydrogens is 338 g/mol. The van der Waals surface area contributed by atoms with Crippen LogP contribution in [0.4, 0.5) is 26.3 Å². The summed E-state index contributed by atoms with van der Waals surface area (Å²) in [7, 11) is -9.75. The van der Waals surface area contributed by atoms with E-state index in [0.29, 0.717) is 0 Å². The van der Waals surface area contributed by atoms with E-state index in [4.69, 9.17) is 0 Å². The number of hydrogen-bond donors (Lipinski definition) is 0. The first-order chi connectivity index (χ1) is 8.58. The lowest BCUT2D eigenvalue weighted by molar-refractivity contribution is -0.107. The maximum Gasteiger partial charge on any atom is 0.402 e. The molecule has 1 atom stereocenters. The van der Waals surface area contributed by atoms with Gasteiger partial charge in [0.25, 0.3) is 0 Å². The van der Waals surface area contributed by atoms with Crippen molar-refractivity contribution in [3.63, 3.8) is 0 Å². The van der Waals surface area contributed by atoms with Crippen LogP contribution < -0.4 is 0 Å². The van der Waals surface area contributed by atoms with Gasteiger partial charge in [-0.05, 0) is 6.42 Å². The zero-order valence-corrected chi connectivity index (χ0v) is 11.8. The molecule has 0 aromatic heterocycles. The Bertz CT molecular complexity index is 516. The average molecular weight is 350 g/mol. The molecule has 0 N–H and O–H groups in total. The maximum absolute atomic E-state index is 12.0. The van der Waals surface area contributed by atoms with Gasteiger partial charge in [0.05, 0.1) is 11.0 Å². The minimum Gasteiger partial charge on any atom is -0.228 e. The summed E-state index contributed by atoms with van der Waals surface area (Å²) in [6.45, 7) is 1.09. The molecule has 0 aliphatic carbocycles. The Morgan fingerprint density at radius 2 is 1.25 bits per heavy atom. The van der Waals surface area contributed by atoms with Gasteiger partial charge in [-0.25, -0.2) is 16.8 Å². The third-order valence-corrected chi connectivity index (χ3v) is 6.29. The molecule has 0 amide bonds. The van der Waals surface area contributed by atoms with E-state index in [1.165, 1.54) is 0 Å². The zero-order chi connectivity index (χ0) is 16.4. The second-order valence-corrected chi connectivity index (χ2v) is 8.51. The van der Waals surface area contributed by atoms with Crippen LogP contribution in [0.15, 0.2) is 0 Å². The molecular formula is C8H12F6O4S2. The summed E-state index contributed by atoms with van der Waals surface area (Å²) >= 11 is 0. The van der Waals surface area contributed by atoms with Crippen molar-refractivity contribution < 1.29 is 43.2 Å². The fourth-order valence-electron chi connectivity index (χ4n) is 1.41. The van der Waals surface area contributed by atoms with Crippen molar-refractivity contribution in [1.29, 1.82) is 0 Å². The molecule has 0 saturated heterocycles. The molecule has 0 aliphatic rings. The van der Waals surface area contributed by atoms with Gasteiger partial charge in [0, 0.05) is 0 Å². The van der Waals surface area contributed by atoms with Crippen LogP contribution >= 0.6 is 0 Å². The number of halogens is 6. The number of alkyl halides is 6. The molecule has 0 aliphatic heterocycles. The molecule has 0 aromatic rings. The lowest BCUT2D eigenvalue weighted by atomic mass is 10.4. The van der Waals surface area contributed by atoms with Crippen molar-refractivity contribution in [3.8, 4) is 0 Å². The Balaban J connectivity index is 5.14. The fourth-order valence-corrected chi connectivity index (χ4v) is 5.48. The smallest absolute Gasteiger partial charge is 0.228 e. The van der Waals surface area contributed by atoms with Crippen molar-refractivity contribution >= 4 is 19.7 Å². The molecule has 0 bridgehead atoms. The Labute approximate surface area is 112 Å². The Kier molecular flexibility index (Phi) is 5.92. The van der Waals surface area contributed by atoms with E-state index in [2.05, 4.69) is 0 Å². The van der Waals surface area contributed by atoms with Crippen molar-refractivity contribution in [2.24, 2.45) is 0 Å². The number of rotatable bonds is 6. The first-order valence-electron chi connectivity index (χ1n) is 5.13. The summed E-state index contributed by atoms with van der Waals surface area (Å²) in [6, 6.07) is 0. The van der Waals surface area contributed by atoms with Gasteiger partial charge in [0.15, 0.2) is 19.7 Å². The van der Waals surface area contributed by atoms with Crippen molar-refractivity contribution in [2.75, 3.05) is 17.3 Å². The highest BCUT2D eigenvalue weighted by molar-refractivity contribution is 7.95. The van der Waals surface area contributed by atoms with E-state index in [9.17, 15) is 43.2 Å². The molecule has 0 spiro atoms. The summed E-state index contributed by atoms with van der Waals surface area (Å²) in [5.41, 5.74) is 0. The molecule has 12 heteroatoms. The standard InChI is InChI=1S/C8H12F6O4S2/c1-2-6(20(17,18)5-8(12,13)14)3-19(15,16)4-7(9,10)11/h6H,2-5H2,1H3. The molecule has 1 unspecified atom stereocenters. The van der Waals surface area contributed by atoms with Gasteiger partial charge < -0.3 is 0 Å². The van der Waals surface area contributed by atoms with Gasteiger partial charge in [-0.3, -0.25) is 0 Å². The van der Waals surface area contributed by atoms with E-state index in [0.717, 1.165) is 6.92 Å². The molecule has 4 nitrogen and oxygen atoms in total. The molecule has 0 saturated carbocycles. The summed E-state index contributed by atoms with van der Waals surface area (Å²) < 4.78 is 117. The Morgan fingerprint density at radius 1 is 0.850 bits per heavy atom.